The van der Waals surface area contributed by atoms with Gasteiger partial charge in [0.25, 0.3) is 0 Å². The molecule has 126 valence electrons. The van der Waals surface area contributed by atoms with E-state index in [2.05, 4.69) is 10.6 Å². The van der Waals surface area contributed by atoms with Gasteiger partial charge in [0.1, 0.15) is 11.5 Å². The number of hydrogen-bond donors (Lipinski definition) is 2. The van der Waals surface area contributed by atoms with Gasteiger partial charge in [-0.15, -0.1) is 0 Å². The Morgan fingerprint density at radius 3 is 1.42 bits per heavy atom. The van der Waals surface area contributed by atoms with Crippen LogP contribution >= 0.6 is 0 Å². The first-order chi connectivity index (χ1) is 11.7. The minimum Gasteiger partial charge on any atom is -0.410 e. The predicted octanol–water partition coefficient (Wildman–Crippen LogP) is 3.34. The molecule has 0 bridgehead atoms. The van der Waals surface area contributed by atoms with Gasteiger partial charge in [0, 0.05) is 13.1 Å². The highest BCUT2D eigenvalue weighted by Gasteiger charge is 2.04. The van der Waals surface area contributed by atoms with Gasteiger partial charge >= 0.3 is 12.2 Å². The maximum Gasteiger partial charge on any atom is 0.412 e. The lowest BCUT2D eigenvalue weighted by molar-refractivity contribution is 0.198. The average molecular weight is 328 g/mol. The monoisotopic (exact) mass is 328 g/mol. The van der Waals surface area contributed by atoms with E-state index in [0.29, 0.717) is 24.6 Å². The molecule has 6 nitrogen and oxygen atoms in total. The molecule has 0 aliphatic heterocycles. The maximum atomic E-state index is 11.5. The molecule has 0 aliphatic rings. The highest BCUT2D eigenvalue weighted by molar-refractivity contribution is 5.70. The van der Waals surface area contributed by atoms with Crippen LogP contribution in [0.3, 0.4) is 0 Å². The van der Waals surface area contributed by atoms with Crippen LogP contribution in [0.1, 0.15) is 12.8 Å². The van der Waals surface area contributed by atoms with Gasteiger partial charge in [0.05, 0.1) is 0 Å². The molecule has 0 spiro atoms. The van der Waals surface area contributed by atoms with Crippen LogP contribution in [0.2, 0.25) is 0 Å². The molecule has 0 saturated carbocycles. The Labute approximate surface area is 140 Å². The Morgan fingerprint density at radius 1 is 0.667 bits per heavy atom. The summed E-state index contributed by atoms with van der Waals surface area (Å²) in [6.07, 6.45) is 0.459. The van der Waals surface area contributed by atoms with Crippen LogP contribution in [0.4, 0.5) is 9.59 Å². The zero-order valence-corrected chi connectivity index (χ0v) is 13.2. The van der Waals surface area contributed by atoms with Gasteiger partial charge in [-0.1, -0.05) is 36.4 Å². The van der Waals surface area contributed by atoms with Crippen molar-refractivity contribution >= 4 is 12.2 Å². The number of carbonyl (C=O) groups excluding carboxylic acids is 2. The van der Waals surface area contributed by atoms with E-state index in [1.807, 2.05) is 12.1 Å². The molecule has 2 aromatic carbocycles. The van der Waals surface area contributed by atoms with Crippen molar-refractivity contribution < 1.29 is 19.1 Å². The molecule has 0 atom stereocenters. The number of amides is 2. The molecular formula is C18H20N2O4. The zero-order valence-electron chi connectivity index (χ0n) is 13.2. The minimum atomic E-state index is -0.488. The molecule has 0 unspecified atom stereocenters. The zero-order chi connectivity index (χ0) is 17.0. The summed E-state index contributed by atoms with van der Waals surface area (Å²) in [5.41, 5.74) is 0. The molecule has 2 aromatic rings. The van der Waals surface area contributed by atoms with E-state index in [1.54, 1.807) is 48.5 Å². The number of nitrogens with one attached hydrogen (secondary N) is 2. The molecule has 24 heavy (non-hydrogen) atoms. The van der Waals surface area contributed by atoms with Crippen LogP contribution in [-0.2, 0) is 0 Å². The van der Waals surface area contributed by atoms with Crippen LogP contribution in [0, 0.1) is 0 Å². The van der Waals surface area contributed by atoms with Crippen LogP contribution in [-0.4, -0.2) is 25.3 Å². The lowest BCUT2D eigenvalue weighted by Crippen LogP contribution is -2.30. The fraction of sp³-hybridized carbons (Fsp3) is 0.222. The third kappa shape index (κ3) is 6.83. The third-order valence-electron chi connectivity index (χ3n) is 3.05. The van der Waals surface area contributed by atoms with Gasteiger partial charge in [0.15, 0.2) is 0 Å². The van der Waals surface area contributed by atoms with Crippen molar-refractivity contribution in [3.05, 3.63) is 60.7 Å². The number of rotatable bonds is 7. The Balaban J connectivity index is 1.50. The molecular weight excluding hydrogens is 308 g/mol. The number of ether oxygens (including phenoxy) is 2. The number of benzene rings is 2. The minimum absolute atomic E-state index is 0.473. The molecule has 0 fully saturated rings. The van der Waals surface area contributed by atoms with Gasteiger partial charge in [-0.3, -0.25) is 0 Å². The normalized spacial score (nSPS) is 9.83. The van der Waals surface area contributed by atoms with E-state index in [9.17, 15) is 9.59 Å². The molecule has 0 saturated heterocycles. The fourth-order valence-corrected chi connectivity index (χ4v) is 1.89. The van der Waals surface area contributed by atoms with E-state index >= 15 is 0 Å². The molecule has 0 radical (unpaired) electrons. The lowest BCUT2D eigenvalue weighted by Gasteiger charge is -2.08. The highest BCUT2D eigenvalue weighted by Crippen LogP contribution is 2.08. The van der Waals surface area contributed by atoms with Crippen molar-refractivity contribution in [2.24, 2.45) is 0 Å². The van der Waals surface area contributed by atoms with Crippen molar-refractivity contribution in [3.63, 3.8) is 0 Å². The van der Waals surface area contributed by atoms with Gasteiger partial charge < -0.3 is 20.1 Å². The standard InChI is InChI=1S/C18H20N2O4/c21-17(23-15-9-3-1-4-10-15)19-13-7-8-14-20-18(22)24-16-11-5-2-6-12-16/h1-6,9-12H,7-8,13-14H2,(H,19,21)(H,20,22). The van der Waals surface area contributed by atoms with Crippen molar-refractivity contribution in [1.82, 2.24) is 10.6 Å². The Hall–Kier alpha value is -3.02. The van der Waals surface area contributed by atoms with Crippen molar-refractivity contribution in [2.45, 2.75) is 12.8 Å². The topological polar surface area (TPSA) is 76.7 Å². The second-order valence-corrected chi connectivity index (χ2v) is 4.97. The number of carbonyl (C=O) groups is 2. The first-order valence-corrected chi connectivity index (χ1v) is 7.75. The van der Waals surface area contributed by atoms with Gasteiger partial charge in [-0.05, 0) is 37.1 Å². The molecule has 0 aliphatic carbocycles. The Morgan fingerprint density at radius 2 is 1.04 bits per heavy atom. The summed E-state index contributed by atoms with van der Waals surface area (Å²) >= 11 is 0. The average Bonchev–Trinajstić information content (AvgIpc) is 2.60. The van der Waals surface area contributed by atoms with E-state index in [-0.39, 0.29) is 0 Å². The van der Waals surface area contributed by atoms with E-state index in [0.717, 1.165) is 12.8 Å². The molecule has 6 heteroatoms. The lowest BCUT2D eigenvalue weighted by atomic mass is 10.3. The predicted molar refractivity (Wildman–Crippen MR) is 90.2 cm³/mol. The number of unbranched alkanes of at least 4 members (excludes halogenated alkanes) is 1. The molecule has 0 heterocycles. The Kier molecular flexibility index (Phi) is 7.14. The first kappa shape index (κ1) is 17.3. The summed E-state index contributed by atoms with van der Waals surface area (Å²) in [7, 11) is 0. The van der Waals surface area contributed by atoms with E-state index in [1.165, 1.54) is 0 Å². The molecule has 2 rings (SSSR count). The SMILES string of the molecule is O=C(NCCCCNC(=O)Oc1ccccc1)Oc1ccccc1. The fourth-order valence-electron chi connectivity index (χ4n) is 1.89. The second-order valence-electron chi connectivity index (χ2n) is 4.97. The smallest absolute Gasteiger partial charge is 0.410 e. The highest BCUT2D eigenvalue weighted by atomic mass is 16.6. The third-order valence-corrected chi connectivity index (χ3v) is 3.05. The summed E-state index contributed by atoms with van der Waals surface area (Å²) in [4.78, 5) is 23.1. The van der Waals surface area contributed by atoms with Crippen molar-refractivity contribution in [1.29, 1.82) is 0 Å². The van der Waals surface area contributed by atoms with Gasteiger partial charge in [0.2, 0.25) is 0 Å². The summed E-state index contributed by atoms with van der Waals surface area (Å²) < 4.78 is 10.2. The molecule has 2 N–H and O–H groups in total. The summed E-state index contributed by atoms with van der Waals surface area (Å²) in [6.45, 7) is 0.947. The van der Waals surface area contributed by atoms with Crippen molar-refractivity contribution in [2.75, 3.05) is 13.1 Å². The molecule has 2 amide bonds. The van der Waals surface area contributed by atoms with Crippen LogP contribution in [0.15, 0.2) is 60.7 Å². The Bertz CT molecular complexity index is 574. The van der Waals surface area contributed by atoms with Gasteiger partial charge in [-0.25, -0.2) is 9.59 Å². The summed E-state index contributed by atoms with van der Waals surface area (Å²) in [6, 6.07) is 17.7. The largest absolute Gasteiger partial charge is 0.412 e. The summed E-state index contributed by atoms with van der Waals surface area (Å²) in [5.74, 6) is 1.00. The van der Waals surface area contributed by atoms with Crippen molar-refractivity contribution in [3.8, 4) is 11.5 Å². The van der Waals surface area contributed by atoms with Crippen LogP contribution < -0.4 is 20.1 Å². The summed E-state index contributed by atoms with van der Waals surface area (Å²) in [5, 5.41) is 5.31. The van der Waals surface area contributed by atoms with E-state index in [4.69, 9.17) is 9.47 Å². The van der Waals surface area contributed by atoms with E-state index < -0.39 is 12.2 Å². The van der Waals surface area contributed by atoms with Gasteiger partial charge in [-0.2, -0.15) is 0 Å². The molecule has 0 aromatic heterocycles. The quantitative estimate of drug-likeness (QED) is 0.764. The second kappa shape index (κ2) is 9.89. The maximum absolute atomic E-state index is 11.5. The first-order valence-electron chi connectivity index (χ1n) is 7.75. The van der Waals surface area contributed by atoms with Crippen LogP contribution in [0.5, 0.6) is 11.5 Å². The number of para-hydroxylation sites is 2. The van der Waals surface area contributed by atoms with Crippen LogP contribution in [0.25, 0.3) is 0 Å². The number of hydrogen-bond acceptors (Lipinski definition) is 4.